The number of nitrogens with one attached hydrogen (secondary N) is 2. The van der Waals surface area contributed by atoms with Crippen LogP contribution in [-0.2, 0) is 14.8 Å². The van der Waals surface area contributed by atoms with Crippen LogP contribution in [-0.4, -0.2) is 78.1 Å². The molecule has 0 heterocycles. The molecule has 11 nitrogen and oxygen atoms in total. The molecule has 0 aliphatic rings. The van der Waals surface area contributed by atoms with Gasteiger partial charge in [-0.1, -0.05) is 31.5 Å². The lowest BCUT2D eigenvalue weighted by atomic mass is 10.1. The number of carboxylic acids is 1. The molecule has 2 amide bonds. The molecule has 0 saturated heterocycles. The van der Waals surface area contributed by atoms with E-state index in [1.54, 1.807) is 12.1 Å². The van der Waals surface area contributed by atoms with E-state index in [0.29, 0.717) is 23.2 Å². The van der Waals surface area contributed by atoms with Gasteiger partial charge in [0.2, 0.25) is 5.96 Å². The van der Waals surface area contributed by atoms with E-state index in [-0.39, 0.29) is 37.4 Å². The number of aliphatic hydroxyl groups excluding tert-OH is 1. The second-order valence-corrected chi connectivity index (χ2v) is 10.0. The van der Waals surface area contributed by atoms with E-state index in [4.69, 9.17) is 11.1 Å². The summed E-state index contributed by atoms with van der Waals surface area (Å²) in [6, 6.07) is 4.18. The molecular formula is C21H35N5O6S. The number of aryl methyl sites for hydroxylation is 1. The van der Waals surface area contributed by atoms with Gasteiger partial charge in [-0.3, -0.25) is 5.41 Å². The first-order chi connectivity index (χ1) is 15.4. The van der Waals surface area contributed by atoms with Crippen LogP contribution in [0.1, 0.15) is 38.7 Å². The Morgan fingerprint density at radius 1 is 1.12 bits per heavy atom. The first kappa shape index (κ1) is 28.2. The van der Waals surface area contributed by atoms with Crippen LogP contribution in [0, 0.1) is 18.3 Å². The van der Waals surface area contributed by atoms with Crippen molar-refractivity contribution in [2.24, 2.45) is 11.7 Å². The third kappa shape index (κ3) is 8.89. The molecule has 1 rings (SSSR count). The Bertz CT molecular complexity index is 904. The van der Waals surface area contributed by atoms with Crippen molar-refractivity contribution in [2.45, 2.75) is 51.0 Å². The van der Waals surface area contributed by atoms with Crippen LogP contribution < -0.4 is 11.1 Å². The van der Waals surface area contributed by atoms with Gasteiger partial charge >= 0.3 is 12.0 Å². The predicted molar refractivity (Wildman–Crippen MR) is 124 cm³/mol. The molecule has 1 atom stereocenters. The van der Waals surface area contributed by atoms with Gasteiger partial charge in [-0.15, -0.1) is 0 Å². The number of benzene rings is 1. The maximum absolute atomic E-state index is 12.8. The maximum Gasteiger partial charge on any atom is 0.326 e. The van der Waals surface area contributed by atoms with E-state index in [0.717, 1.165) is 5.56 Å². The van der Waals surface area contributed by atoms with Gasteiger partial charge in [0.15, 0.2) is 0 Å². The molecule has 0 aromatic heterocycles. The van der Waals surface area contributed by atoms with Crippen molar-refractivity contribution in [2.75, 3.05) is 26.2 Å². The Labute approximate surface area is 195 Å². The predicted octanol–water partition coefficient (Wildman–Crippen LogP) is 1.16. The minimum absolute atomic E-state index is 0.0313. The number of carbonyl (C=O) groups is 2. The fourth-order valence-electron chi connectivity index (χ4n) is 2.99. The highest BCUT2D eigenvalue weighted by Gasteiger charge is 2.27. The number of nitrogens with two attached hydrogens (primary N) is 1. The lowest BCUT2D eigenvalue weighted by Gasteiger charge is -2.26. The quantitative estimate of drug-likeness (QED) is 0.205. The Morgan fingerprint density at radius 3 is 2.21 bits per heavy atom. The van der Waals surface area contributed by atoms with Crippen molar-refractivity contribution in [1.29, 1.82) is 5.41 Å². The van der Waals surface area contributed by atoms with Crippen LogP contribution in [0.25, 0.3) is 0 Å². The summed E-state index contributed by atoms with van der Waals surface area (Å²) in [5.74, 6) is -1.64. The van der Waals surface area contributed by atoms with E-state index in [1.807, 2.05) is 20.8 Å². The molecule has 1 aromatic carbocycles. The highest BCUT2D eigenvalue weighted by molar-refractivity contribution is 7.89. The Kier molecular flexibility index (Phi) is 11.1. The fraction of sp³-hybridized carbons (Fsp3) is 0.571. The Morgan fingerprint density at radius 2 is 1.73 bits per heavy atom. The number of hydrogen-bond acceptors (Lipinski definition) is 6. The zero-order valence-corrected chi connectivity index (χ0v) is 20.1. The molecule has 0 aliphatic carbocycles. The molecule has 0 unspecified atom stereocenters. The fourth-order valence-corrected chi connectivity index (χ4v) is 4.36. The minimum atomic E-state index is -4.08. The number of hydrogen-bond donors (Lipinski definition) is 5. The summed E-state index contributed by atoms with van der Waals surface area (Å²) in [7, 11) is -4.08. The molecule has 0 spiro atoms. The summed E-state index contributed by atoms with van der Waals surface area (Å²) in [6.07, 6.45) is 0.648. The van der Waals surface area contributed by atoms with E-state index in [1.165, 1.54) is 17.0 Å². The SMILES string of the molecule is Cc1ccc(S(=O)(=O)N(CCC[C@H](NC(=O)N(CCO)CCC(C)C)C(=O)O)C(=N)N)cc1. The smallest absolute Gasteiger partial charge is 0.326 e. The average molecular weight is 486 g/mol. The summed E-state index contributed by atoms with van der Waals surface area (Å²) in [5, 5.41) is 28.8. The summed E-state index contributed by atoms with van der Waals surface area (Å²) in [4.78, 5) is 25.5. The van der Waals surface area contributed by atoms with E-state index < -0.39 is 34.0 Å². The molecule has 186 valence electrons. The van der Waals surface area contributed by atoms with Gasteiger partial charge in [0.25, 0.3) is 10.0 Å². The topological polar surface area (TPSA) is 177 Å². The number of nitrogens with zero attached hydrogens (tertiary/aromatic N) is 2. The minimum Gasteiger partial charge on any atom is -0.480 e. The monoisotopic (exact) mass is 485 g/mol. The van der Waals surface area contributed by atoms with E-state index in [2.05, 4.69) is 5.32 Å². The summed E-state index contributed by atoms with van der Waals surface area (Å²) in [5.41, 5.74) is 6.36. The Hall–Kier alpha value is -2.86. The standard InChI is InChI=1S/C21H35N5O6S/c1-15(2)10-12-25(13-14-27)21(30)24-18(19(28)29)5-4-11-26(20(22)23)33(31,32)17-8-6-16(3)7-9-17/h6-9,15,18,27H,4-5,10-14H2,1-3H3,(H3,22,23)(H,24,30)(H,28,29)/t18-/m0/s1. The normalized spacial score (nSPS) is 12.3. The third-order valence-electron chi connectivity index (χ3n) is 4.96. The van der Waals surface area contributed by atoms with Crippen molar-refractivity contribution in [3.05, 3.63) is 29.8 Å². The van der Waals surface area contributed by atoms with Crippen LogP contribution >= 0.6 is 0 Å². The van der Waals surface area contributed by atoms with Crippen molar-refractivity contribution >= 4 is 28.0 Å². The highest BCUT2D eigenvalue weighted by Crippen LogP contribution is 2.17. The molecule has 6 N–H and O–H groups in total. The second kappa shape index (κ2) is 13.0. The zero-order chi connectivity index (χ0) is 25.2. The van der Waals surface area contributed by atoms with Gasteiger partial charge in [0.05, 0.1) is 11.5 Å². The lowest BCUT2D eigenvalue weighted by molar-refractivity contribution is -0.139. The average Bonchev–Trinajstić information content (AvgIpc) is 2.72. The second-order valence-electron chi connectivity index (χ2n) is 8.15. The molecule has 0 fully saturated rings. The third-order valence-corrected chi connectivity index (χ3v) is 6.79. The van der Waals surface area contributed by atoms with Crippen molar-refractivity contribution in [3.8, 4) is 0 Å². The largest absolute Gasteiger partial charge is 0.480 e. The van der Waals surface area contributed by atoms with Gasteiger partial charge in [0, 0.05) is 19.6 Å². The number of urea groups is 1. The summed E-state index contributed by atoms with van der Waals surface area (Å²) < 4.78 is 26.4. The zero-order valence-electron chi connectivity index (χ0n) is 19.3. The molecular weight excluding hydrogens is 450 g/mol. The van der Waals surface area contributed by atoms with E-state index >= 15 is 0 Å². The van der Waals surface area contributed by atoms with Crippen LogP contribution in [0.3, 0.4) is 0 Å². The number of aliphatic carboxylic acids is 1. The number of amides is 2. The van der Waals surface area contributed by atoms with Gasteiger partial charge in [-0.05, 0) is 44.2 Å². The van der Waals surface area contributed by atoms with Crippen LogP contribution in [0.5, 0.6) is 0 Å². The van der Waals surface area contributed by atoms with Crippen molar-refractivity contribution in [3.63, 3.8) is 0 Å². The first-order valence-electron chi connectivity index (χ1n) is 10.7. The van der Waals surface area contributed by atoms with Gasteiger partial charge in [-0.2, -0.15) is 0 Å². The molecule has 33 heavy (non-hydrogen) atoms. The number of carbonyl (C=O) groups excluding carboxylic acids is 1. The van der Waals surface area contributed by atoms with Crippen LogP contribution in [0.4, 0.5) is 4.79 Å². The molecule has 1 aromatic rings. The van der Waals surface area contributed by atoms with Crippen LogP contribution in [0.15, 0.2) is 29.2 Å². The Balaban J connectivity index is 2.83. The first-order valence-corrected chi connectivity index (χ1v) is 12.2. The van der Waals surface area contributed by atoms with Gasteiger partial charge in [0.1, 0.15) is 6.04 Å². The van der Waals surface area contributed by atoms with Gasteiger partial charge in [-0.25, -0.2) is 22.3 Å². The van der Waals surface area contributed by atoms with Crippen molar-refractivity contribution < 1.29 is 28.2 Å². The summed E-state index contributed by atoms with van der Waals surface area (Å²) >= 11 is 0. The maximum atomic E-state index is 12.8. The number of rotatable bonds is 13. The van der Waals surface area contributed by atoms with Crippen LogP contribution in [0.2, 0.25) is 0 Å². The number of aliphatic hydroxyl groups is 1. The molecule has 0 aliphatic heterocycles. The number of sulfonamides is 1. The molecule has 0 radical (unpaired) electrons. The van der Waals surface area contributed by atoms with E-state index in [9.17, 15) is 28.2 Å². The number of guanidine groups is 1. The lowest BCUT2D eigenvalue weighted by Crippen LogP contribution is -2.49. The highest BCUT2D eigenvalue weighted by atomic mass is 32.2. The molecule has 0 saturated carbocycles. The van der Waals surface area contributed by atoms with Gasteiger partial charge < -0.3 is 26.2 Å². The van der Waals surface area contributed by atoms with Crippen molar-refractivity contribution in [1.82, 2.24) is 14.5 Å². The number of carboxylic acid groups (broad SMARTS) is 1. The summed E-state index contributed by atoms with van der Waals surface area (Å²) in [6.45, 7) is 5.73. The molecule has 0 bridgehead atoms. The molecule has 12 heteroatoms.